The largest absolute Gasteiger partial charge is 0.497 e. The van der Waals surface area contributed by atoms with E-state index in [9.17, 15) is 10.1 Å². The fourth-order valence-corrected chi connectivity index (χ4v) is 1.42. The lowest BCUT2D eigenvalue weighted by atomic mass is 10.1. The van der Waals surface area contributed by atoms with E-state index in [4.69, 9.17) is 15.0 Å². The third-order valence-corrected chi connectivity index (χ3v) is 2.20. The number of anilines is 1. The smallest absolute Gasteiger partial charge is 0.279 e. The van der Waals surface area contributed by atoms with Crippen molar-refractivity contribution in [3.8, 4) is 17.0 Å². The van der Waals surface area contributed by atoms with E-state index in [2.05, 4.69) is 5.16 Å². The van der Waals surface area contributed by atoms with Gasteiger partial charge in [0.15, 0.2) is 0 Å². The highest BCUT2D eigenvalue weighted by Gasteiger charge is 2.19. The van der Waals surface area contributed by atoms with Crippen LogP contribution in [0, 0.1) is 10.1 Å². The maximum Gasteiger partial charge on any atom is 0.279 e. The van der Waals surface area contributed by atoms with Crippen LogP contribution in [0.5, 0.6) is 5.75 Å². The molecule has 0 saturated heterocycles. The topological polar surface area (TPSA) is 104 Å². The molecule has 7 nitrogen and oxygen atoms in total. The average Bonchev–Trinajstić information content (AvgIpc) is 2.75. The van der Waals surface area contributed by atoms with Crippen molar-refractivity contribution < 1.29 is 14.2 Å². The van der Waals surface area contributed by atoms with Gasteiger partial charge in [0.2, 0.25) is 5.88 Å². The van der Waals surface area contributed by atoms with Gasteiger partial charge in [0.25, 0.3) is 5.69 Å². The number of nitrogen functional groups attached to an aromatic ring is 1. The highest BCUT2D eigenvalue weighted by molar-refractivity contribution is 5.73. The Morgan fingerprint density at radius 3 is 2.76 bits per heavy atom. The number of hydrogen-bond donors (Lipinski definition) is 1. The number of ether oxygens (including phenoxy) is 1. The number of hydrogen-bond acceptors (Lipinski definition) is 6. The summed E-state index contributed by atoms with van der Waals surface area (Å²) < 4.78 is 9.70. The maximum absolute atomic E-state index is 10.9. The first-order valence-corrected chi connectivity index (χ1v) is 4.67. The van der Waals surface area contributed by atoms with Crippen LogP contribution < -0.4 is 10.5 Å². The molecule has 1 heterocycles. The van der Waals surface area contributed by atoms with Crippen LogP contribution in [0.3, 0.4) is 0 Å². The Hall–Kier alpha value is -2.57. The standard InChI is InChI=1S/C10H9N3O4/c1-16-6-2-3-9(13(14)15)7(4-6)8-5-10(11)17-12-8/h2-5H,11H2,1H3. The van der Waals surface area contributed by atoms with Gasteiger partial charge in [-0.1, -0.05) is 5.16 Å². The quantitative estimate of drug-likeness (QED) is 0.642. The Morgan fingerprint density at radius 1 is 1.47 bits per heavy atom. The molecule has 0 bridgehead atoms. The molecule has 0 unspecified atom stereocenters. The molecule has 0 fully saturated rings. The summed E-state index contributed by atoms with van der Waals surface area (Å²) in [5.74, 6) is 0.587. The van der Waals surface area contributed by atoms with Gasteiger partial charge in [-0.15, -0.1) is 0 Å². The Balaban J connectivity index is 2.60. The third kappa shape index (κ3) is 2.03. The lowest BCUT2D eigenvalue weighted by molar-refractivity contribution is -0.384. The molecule has 1 aromatic heterocycles. The van der Waals surface area contributed by atoms with Crippen LogP contribution in [0.4, 0.5) is 11.6 Å². The zero-order chi connectivity index (χ0) is 12.4. The number of nitrogens with two attached hydrogens (primary N) is 1. The monoisotopic (exact) mass is 235 g/mol. The molecule has 0 radical (unpaired) electrons. The van der Waals surface area contributed by atoms with Gasteiger partial charge in [-0.05, 0) is 12.1 Å². The number of benzene rings is 1. The SMILES string of the molecule is COc1ccc([N+](=O)[O-])c(-c2cc(N)on2)c1. The molecule has 7 heteroatoms. The summed E-state index contributed by atoms with van der Waals surface area (Å²) in [7, 11) is 1.47. The number of nitro benzene ring substituents is 1. The predicted octanol–water partition coefficient (Wildman–Crippen LogP) is 1.84. The van der Waals surface area contributed by atoms with Gasteiger partial charge in [0, 0.05) is 12.1 Å². The van der Waals surface area contributed by atoms with Crippen molar-refractivity contribution in [1.29, 1.82) is 0 Å². The fourth-order valence-electron chi connectivity index (χ4n) is 1.42. The normalized spacial score (nSPS) is 10.2. The maximum atomic E-state index is 10.9. The summed E-state index contributed by atoms with van der Waals surface area (Å²) in [5, 5.41) is 14.5. The van der Waals surface area contributed by atoms with E-state index >= 15 is 0 Å². The van der Waals surface area contributed by atoms with Gasteiger partial charge in [-0.25, -0.2) is 0 Å². The highest BCUT2D eigenvalue weighted by atomic mass is 16.6. The molecule has 0 saturated carbocycles. The van der Waals surface area contributed by atoms with Gasteiger partial charge >= 0.3 is 0 Å². The van der Waals surface area contributed by atoms with Gasteiger partial charge in [-0.2, -0.15) is 0 Å². The van der Waals surface area contributed by atoms with Gasteiger partial charge < -0.3 is 15.0 Å². The lowest BCUT2D eigenvalue weighted by Crippen LogP contribution is -1.93. The Morgan fingerprint density at radius 2 is 2.24 bits per heavy atom. The first-order chi connectivity index (χ1) is 8.11. The minimum absolute atomic E-state index is 0.0842. The molecule has 2 N–H and O–H groups in total. The third-order valence-electron chi connectivity index (χ3n) is 2.20. The number of nitro groups is 1. The van der Waals surface area contributed by atoms with Crippen molar-refractivity contribution in [2.45, 2.75) is 0 Å². The van der Waals surface area contributed by atoms with Crippen molar-refractivity contribution in [1.82, 2.24) is 5.16 Å². The first-order valence-electron chi connectivity index (χ1n) is 4.67. The van der Waals surface area contributed by atoms with Gasteiger partial charge in [0.05, 0.1) is 17.6 Å². The molecule has 2 rings (SSSR count). The summed E-state index contributed by atoms with van der Waals surface area (Å²) in [6, 6.07) is 5.78. The molecule has 0 spiro atoms. The van der Waals surface area contributed by atoms with Crippen LogP contribution in [0.25, 0.3) is 11.3 Å². The van der Waals surface area contributed by atoms with Crippen molar-refractivity contribution in [2.24, 2.45) is 0 Å². The summed E-state index contributed by atoms with van der Waals surface area (Å²) in [5.41, 5.74) is 5.90. The van der Waals surface area contributed by atoms with Crippen LogP contribution in [0.1, 0.15) is 0 Å². The molecule has 0 atom stereocenters. The second-order valence-corrected chi connectivity index (χ2v) is 3.25. The molecular formula is C10H9N3O4. The molecule has 1 aromatic carbocycles. The predicted molar refractivity (Wildman–Crippen MR) is 59.6 cm³/mol. The molecule has 0 aliphatic heterocycles. The number of aromatic nitrogens is 1. The van der Waals surface area contributed by atoms with Gasteiger partial charge in [0.1, 0.15) is 11.4 Å². The van der Waals surface area contributed by atoms with Crippen LogP contribution in [0.15, 0.2) is 28.8 Å². The summed E-state index contributed by atoms with van der Waals surface area (Å²) >= 11 is 0. The summed E-state index contributed by atoms with van der Waals surface area (Å²) in [4.78, 5) is 10.4. The van der Waals surface area contributed by atoms with E-state index in [0.717, 1.165) is 0 Å². The second-order valence-electron chi connectivity index (χ2n) is 3.25. The van der Waals surface area contributed by atoms with Crippen LogP contribution >= 0.6 is 0 Å². The molecular weight excluding hydrogens is 226 g/mol. The van der Waals surface area contributed by atoms with E-state index in [0.29, 0.717) is 17.0 Å². The minimum Gasteiger partial charge on any atom is -0.497 e. The molecule has 0 aliphatic carbocycles. The number of nitrogens with zero attached hydrogens (tertiary/aromatic N) is 2. The highest BCUT2D eigenvalue weighted by Crippen LogP contribution is 2.33. The lowest BCUT2D eigenvalue weighted by Gasteiger charge is -2.02. The Kier molecular flexibility index (Phi) is 2.65. The van der Waals surface area contributed by atoms with Crippen LogP contribution in [-0.2, 0) is 0 Å². The van der Waals surface area contributed by atoms with E-state index in [-0.39, 0.29) is 11.6 Å². The van der Waals surface area contributed by atoms with E-state index in [1.165, 1.54) is 31.4 Å². The van der Waals surface area contributed by atoms with Crippen LogP contribution in [-0.4, -0.2) is 17.2 Å². The zero-order valence-corrected chi connectivity index (χ0v) is 8.91. The fraction of sp³-hybridized carbons (Fsp3) is 0.100. The zero-order valence-electron chi connectivity index (χ0n) is 8.91. The summed E-state index contributed by atoms with van der Waals surface area (Å²) in [6.07, 6.45) is 0. The number of rotatable bonds is 3. The Labute approximate surface area is 95.9 Å². The first kappa shape index (κ1) is 10.9. The Bertz CT molecular complexity index is 564. The second kappa shape index (κ2) is 4.12. The van der Waals surface area contributed by atoms with E-state index in [1.807, 2.05) is 0 Å². The van der Waals surface area contributed by atoms with Crippen molar-refractivity contribution >= 4 is 11.6 Å². The van der Waals surface area contributed by atoms with Crippen LogP contribution in [0.2, 0.25) is 0 Å². The number of methoxy groups -OCH3 is 1. The van der Waals surface area contributed by atoms with Crippen molar-refractivity contribution in [3.05, 3.63) is 34.4 Å². The molecule has 88 valence electrons. The van der Waals surface area contributed by atoms with E-state index in [1.54, 1.807) is 0 Å². The van der Waals surface area contributed by atoms with Crippen molar-refractivity contribution in [2.75, 3.05) is 12.8 Å². The molecule has 17 heavy (non-hydrogen) atoms. The molecule has 0 aliphatic rings. The molecule has 2 aromatic rings. The minimum atomic E-state index is -0.500. The molecule has 0 amide bonds. The van der Waals surface area contributed by atoms with E-state index < -0.39 is 4.92 Å². The van der Waals surface area contributed by atoms with Gasteiger partial charge in [-0.3, -0.25) is 10.1 Å². The average molecular weight is 235 g/mol. The van der Waals surface area contributed by atoms with Crippen molar-refractivity contribution in [3.63, 3.8) is 0 Å². The summed E-state index contributed by atoms with van der Waals surface area (Å²) in [6.45, 7) is 0.